The lowest BCUT2D eigenvalue weighted by molar-refractivity contribution is -0.141. The lowest BCUT2D eigenvalue weighted by atomic mass is 9.82. The van der Waals surface area contributed by atoms with Gasteiger partial charge in [-0.3, -0.25) is 4.79 Å². The van der Waals surface area contributed by atoms with Gasteiger partial charge in [-0.2, -0.15) is 0 Å². The van der Waals surface area contributed by atoms with Crippen LogP contribution in [0.1, 0.15) is 52.4 Å². The topological polar surface area (TPSA) is 40.5 Å². The van der Waals surface area contributed by atoms with Crippen molar-refractivity contribution in [3.63, 3.8) is 0 Å². The van der Waals surface area contributed by atoms with Gasteiger partial charge in [0.1, 0.15) is 0 Å². The number of rotatable bonds is 3. The Kier molecular flexibility index (Phi) is 3.76. The van der Waals surface area contributed by atoms with Crippen molar-refractivity contribution >= 4 is 5.91 Å². The summed E-state index contributed by atoms with van der Waals surface area (Å²) in [5.74, 6) is 0.648. The Labute approximate surface area is 104 Å². The van der Waals surface area contributed by atoms with Crippen molar-refractivity contribution in [1.82, 2.24) is 4.90 Å². The van der Waals surface area contributed by atoms with Crippen LogP contribution in [-0.4, -0.2) is 35.1 Å². The predicted molar refractivity (Wildman–Crippen MR) is 67.6 cm³/mol. The number of likely N-dealkylation sites (tertiary alicyclic amines) is 1. The van der Waals surface area contributed by atoms with Crippen molar-refractivity contribution in [3.05, 3.63) is 0 Å². The predicted octanol–water partition coefficient (Wildman–Crippen LogP) is 2.19. The van der Waals surface area contributed by atoms with Crippen LogP contribution in [0.15, 0.2) is 0 Å². The second-order valence-corrected chi connectivity index (χ2v) is 5.88. The third-order valence-corrected chi connectivity index (χ3v) is 4.89. The van der Waals surface area contributed by atoms with Crippen molar-refractivity contribution in [2.24, 2.45) is 11.3 Å². The van der Waals surface area contributed by atoms with Crippen molar-refractivity contribution in [1.29, 1.82) is 0 Å². The van der Waals surface area contributed by atoms with E-state index in [-0.39, 0.29) is 17.4 Å². The summed E-state index contributed by atoms with van der Waals surface area (Å²) in [4.78, 5) is 14.6. The van der Waals surface area contributed by atoms with Crippen molar-refractivity contribution in [2.75, 3.05) is 13.1 Å². The SMILES string of the molecule is CCC1(C(=O)N2CCC(C(C)O)C2)CCCC1. The maximum Gasteiger partial charge on any atom is 0.228 e. The summed E-state index contributed by atoms with van der Waals surface area (Å²) < 4.78 is 0. The Bertz CT molecular complexity index is 282. The molecule has 2 rings (SSSR count). The number of hydrogen-bond acceptors (Lipinski definition) is 2. The summed E-state index contributed by atoms with van der Waals surface area (Å²) in [5, 5.41) is 9.60. The Morgan fingerprint density at radius 3 is 2.59 bits per heavy atom. The zero-order chi connectivity index (χ0) is 12.5. The van der Waals surface area contributed by atoms with Crippen LogP contribution in [0.2, 0.25) is 0 Å². The molecule has 2 aliphatic rings. The van der Waals surface area contributed by atoms with E-state index >= 15 is 0 Å². The van der Waals surface area contributed by atoms with Crippen LogP contribution < -0.4 is 0 Å². The second kappa shape index (κ2) is 4.97. The number of aliphatic hydroxyl groups is 1. The molecule has 0 aromatic carbocycles. The number of carbonyl (C=O) groups excluding carboxylic acids is 1. The molecule has 1 heterocycles. The molecule has 1 aliphatic carbocycles. The number of carbonyl (C=O) groups is 1. The first-order chi connectivity index (χ1) is 8.09. The second-order valence-electron chi connectivity index (χ2n) is 5.88. The van der Waals surface area contributed by atoms with E-state index in [9.17, 15) is 9.90 Å². The van der Waals surface area contributed by atoms with Gasteiger partial charge in [-0.25, -0.2) is 0 Å². The van der Waals surface area contributed by atoms with Gasteiger partial charge in [0.05, 0.1) is 6.10 Å². The third-order valence-electron chi connectivity index (χ3n) is 4.89. The number of aliphatic hydroxyl groups excluding tert-OH is 1. The highest BCUT2D eigenvalue weighted by molar-refractivity contribution is 5.83. The first-order valence-corrected chi connectivity index (χ1v) is 7.06. The number of amides is 1. The van der Waals surface area contributed by atoms with Gasteiger partial charge in [0.15, 0.2) is 0 Å². The van der Waals surface area contributed by atoms with E-state index in [0.29, 0.717) is 5.91 Å². The molecule has 1 saturated carbocycles. The molecule has 3 nitrogen and oxygen atoms in total. The third kappa shape index (κ3) is 2.35. The smallest absolute Gasteiger partial charge is 0.228 e. The Morgan fingerprint density at radius 1 is 1.47 bits per heavy atom. The molecular formula is C14H25NO2. The van der Waals surface area contributed by atoms with Crippen LogP contribution >= 0.6 is 0 Å². The van der Waals surface area contributed by atoms with Crippen LogP contribution in [0.4, 0.5) is 0 Å². The quantitative estimate of drug-likeness (QED) is 0.820. The maximum atomic E-state index is 12.6. The lowest BCUT2D eigenvalue weighted by Gasteiger charge is -2.31. The van der Waals surface area contributed by atoms with Gasteiger partial charge in [0, 0.05) is 24.4 Å². The van der Waals surface area contributed by atoms with Crippen molar-refractivity contribution in [2.45, 2.75) is 58.5 Å². The summed E-state index contributed by atoms with van der Waals surface area (Å²) >= 11 is 0. The van der Waals surface area contributed by atoms with E-state index in [2.05, 4.69) is 6.92 Å². The molecule has 0 radical (unpaired) electrons. The highest BCUT2D eigenvalue weighted by Gasteiger charge is 2.43. The molecule has 1 aliphatic heterocycles. The summed E-state index contributed by atoms with van der Waals surface area (Å²) in [6.07, 6.45) is 6.19. The minimum absolute atomic E-state index is 0.0619. The van der Waals surface area contributed by atoms with Crippen molar-refractivity contribution < 1.29 is 9.90 Å². The molecular weight excluding hydrogens is 214 g/mol. The molecule has 98 valence electrons. The molecule has 2 unspecified atom stereocenters. The Morgan fingerprint density at radius 2 is 2.12 bits per heavy atom. The zero-order valence-electron chi connectivity index (χ0n) is 11.1. The van der Waals surface area contributed by atoms with Gasteiger partial charge in [0.25, 0.3) is 0 Å². The highest BCUT2D eigenvalue weighted by atomic mass is 16.3. The number of hydrogen-bond donors (Lipinski definition) is 1. The van der Waals surface area contributed by atoms with Gasteiger partial charge < -0.3 is 10.0 Å². The summed E-state index contributed by atoms with van der Waals surface area (Å²) in [6.45, 7) is 5.59. The van der Waals surface area contributed by atoms with E-state index in [1.165, 1.54) is 12.8 Å². The van der Waals surface area contributed by atoms with E-state index in [4.69, 9.17) is 0 Å². The minimum Gasteiger partial charge on any atom is -0.393 e. The minimum atomic E-state index is -0.283. The molecule has 2 fully saturated rings. The number of nitrogens with zero attached hydrogens (tertiary/aromatic N) is 1. The average molecular weight is 239 g/mol. The molecule has 1 saturated heterocycles. The van der Waals surface area contributed by atoms with Crippen molar-refractivity contribution in [3.8, 4) is 0 Å². The van der Waals surface area contributed by atoms with Crippen LogP contribution in [0.3, 0.4) is 0 Å². The largest absolute Gasteiger partial charge is 0.393 e. The molecule has 1 amide bonds. The molecule has 3 heteroatoms. The van der Waals surface area contributed by atoms with Crippen LogP contribution in [0.5, 0.6) is 0 Å². The highest BCUT2D eigenvalue weighted by Crippen LogP contribution is 2.43. The molecule has 0 aromatic rings. The lowest BCUT2D eigenvalue weighted by Crippen LogP contribution is -2.41. The fraction of sp³-hybridized carbons (Fsp3) is 0.929. The average Bonchev–Trinajstić information content (AvgIpc) is 2.98. The van der Waals surface area contributed by atoms with Gasteiger partial charge in [-0.15, -0.1) is 0 Å². The van der Waals surface area contributed by atoms with Crippen LogP contribution in [-0.2, 0) is 4.79 Å². The van der Waals surface area contributed by atoms with E-state index in [1.54, 1.807) is 0 Å². The van der Waals surface area contributed by atoms with Gasteiger partial charge in [-0.1, -0.05) is 19.8 Å². The molecule has 2 atom stereocenters. The maximum absolute atomic E-state index is 12.6. The van der Waals surface area contributed by atoms with Gasteiger partial charge in [0.2, 0.25) is 5.91 Å². The van der Waals surface area contributed by atoms with E-state index in [1.807, 2.05) is 11.8 Å². The Hall–Kier alpha value is -0.570. The molecule has 0 bridgehead atoms. The van der Waals surface area contributed by atoms with Gasteiger partial charge in [-0.05, 0) is 32.6 Å². The zero-order valence-corrected chi connectivity index (χ0v) is 11.1. The molecule has 17 heavy (non-hydrogen) atoms. The van der Waals surface area contributed by atoms with Gasteiger partial charge >= 0.3 is 0 Å². The molecule has 1 N–H and O–H groups in total. The normalized spacial score (nSPS) is 29.6. The molecule has 0 aromatic heterocycles. The monoisotopic (exact) mass is 239 g/mol. The first kappa shape index (κ1) is 12.9. The first-order valence-electron chi connectivity index (χ1n) is 7.06. The van der Waals surface area contributed by atoms with Crippen LogP contribution in [0.25, 0.3) is 0 Å². The fourth-order valence-electron chi connectivity index (χ4n) is 3.47. The standard InChI is InChI=1S/C14H25NO2/c1-3-14(7-4-5-8-14)13(17)15-9-6-12(10-15)11(2)16/h11-12,16H,3-10H2,1-2H3. The molecule has 0 spiro atoms. The summed E-state index contributed by atoms with van der Waals surface area (Å²) in [7, 11) is 0. The fourth-order valence-corrected chi connectivity index (χ4v) is 3.47. The summed E-state index contributed by atoms with van der Waals surface area (Å²) in [6, 6.07) is 0. The summed E-state index contributed by atoms with van der Waals surface area (Å²) in [5.41, 5.74) is -0.0619. The van der Waals surface area contributed by atoms with E-state index < -0.39 is 0 Å². The van der Waals surface area contributed by atoms with Crippen LogP contribution in [0, 0.1) is 11.3 Å². The van der Waals surface area contributed by atoms with E-state index in [0.717, 1.165) is 38.8 Å². The Balaban J connectivity index is 2.01.